The number of nitro groups is 1. The summed E-state index contributed by atoms with van der Waals surface area (Å²) in [5.41, 5.74) is 0.815. The molecular formula is C20H25N3O7S. The Morgan fingerprint density at radius 2 is 1.48 bits per heavy atom. The fraction of sp³-hybridized carbons (Fsp3) is 0.400. The molecule has 0 aromatic heterocycles. The van der Waals surface area contributed by atoms with Crippen molar-refractivity contribution in [3.8, 4) is 17.2 Å². The summed E-state index contributed by atoms with van der Waals surface area (Å²) >= 11 is 0. The van der Waals surface area contributed by atoms with Crippen molar-refractivity contribution in [1.29, 1.82) is 0 Å². The van der Waals surface area contributed by atoms with Gasteiger partial charge in [-0.2, -0.15) is 4.31 Å². The molecule has 1 saturated heterocycles. The summed E-state index contributed by atoms with van der Waals surface area (Å²) in [6.07, 6.45) is 0. The number of benzene rings is 2. The molecule has 2 aromatic carbocycles. The van der Waals surface area contributed by atoms with Crippen molar-refractivity contribution in [1.82, 2.24) is 9.21 Å². The van der Waals surface area contributed by atoms with E-state index < -0.39 is 14.9 Å². The van der Waals surface area contributed by atoms with E-state index >= 15 is 0 Å². The van der Waals surface area contributed by atoms with E-state index in [9.17, 15) is 18.5 Å². The van der Waals surface area contributed by atoms with Crippen molar-refractivity contribution in [2.75, 3.05) is 47.5 Å². The number of methoxy groups -OCH3 is 3. The summed E-state index contributed by atoms with van der Waals surface area (Å²) in [6.45, 7) is 2.33. The molecule has 2 aromatic rings. The van der Waals surface area contributed by atoms with Crippen LogP contribution in [0.5, 0.6) is 17.2 Å². The van der Waals surface area contributed by atoms with Crippen molar-refractivity contribution < 1.29 is 27.6 Å². The molecule has 0 spiro atoms. The summed E-state index contributed by atoms with van der Waals surface area (Å²) in [4.78, 5) is 12.4. The van der Waals surface area contributed by atoms with E-state index in [-0.39, 0.29) is 10.6 Å². The van der Waals surface area contributed by atoms with Gasteiger partial charge in [-0.1, -0.05) is 0 Å². The van der Waals surface area contributed by atoms with Crippen LogP contribution >= 0.6 is 0 Å². The SMILES string of the molecule is COc1cc(CN2CCN(S(=O)(=O)c3ccc([N+](=O)[O-])cc3)CC2)cc(OC)c1OC. The summed E-state index contributed by atoms with van der Waals surface area (Å²) in [5.74, 6) is 1.65. The van der Waals surface area contributed by atoms with Crippen LogP contribution in [0.4, 0.5) is 5.69 Å². The lowest BCUT2D eigenvalue weighted by atomic mass is 10.1. The molecule has 0 unspecified atom stereocenters. The molecule has 0 atom stereocenters. The minimum atomic E-state index is -3.70. The third-order valence-electron chi connectivity index (χ3n) is 5.15. The number of sulfonamides is 1. The van der Waals surface area contributed by atoms with Crippen molar-refractivity contribution in [2.45, 2.75) is 11.4 Å². The van der Waals surface area contributed by atoms with Gasteiger partial charge in [0.2, 0.25) is 15.8 Å². The van der Waals surface area contributed by atoms with Gasteiger partial charge in [-0.25, -0.2) is 8.42 Å². The van der Waals surface area contributed by atoms with E-state index in [4.69, 9.17) is 14.2 Å². The molecule has 1 fully saturated rings. The van der Waals surface area contributed by atoms with E-state index in [0.29, 0.717) is 50.0 Å². The third kappa shape index (κ3) is 4.89. The van der Waals surface area contributed by atoms with Gasteiger partial charge in [0.05, 0.1) is 31.1 Å². The van der Waals surface area contributed by atoms with Gasteiger partial charge in [-0.3, -0.25) is 15.0 Å². The Balaban J connectivity index is 1.67. The number of nitro benzene ring substituents is 1. The molecule has 10 nitrogen and oxygen atoms in total. The Bertz CT molecular complexity index is 1010. The summed E-state index contributed by atoms with van der Waals surface area (Å²) in [7, 11) is 0.960. The fourth-order valence-electron chi connectivity index (χ4n) is 3.50. The lowest BCUT2D eigenvalue weighted by molar-refractivity contribution is -0.384. The van der Waals surface area contributed by atoms with Crippen molar-refractivity contribution in [2.24, 2.45) is 0 Å². The molecule has 1 heterocycles. The zero-order chi connectivity index (χ0) is 22.6. The van der Waals surface area contributed by atoms with Gasteiger partial charge in [0, 0.05) is 44.9 Å². The quantitative estimate of drug-likeness (QED) is 0.443. The second-order valence-electron chi connectivity index (χ2n) is 6.96. The molecule has 0 N–H and O–H groups in total. The molecule has 3 rings (SSSR count). The topological polar surface area (TPSA) is 111 Å². The van der Waals surface area contributed by atoms with E-state index in [1.54, 1.807) is 21.3 Å². The lowest BCUT2D eigenvalue weighted by Gasteiger charge is -2.34. The van der Waals surface area contributed by atoms with Gasteiger partial charge in [-0.15, -0.1) is 0 Å². The van der Waals surface area contributed by atoms with Crippen molar-refractivity contribution >= 4 is 15.7 Å². The Kier molecular flexibility index (Phi) is 6.98. The van der Waals surface area contributed by atoms with Crippen molar-refractivity contribution in [3.05, 3.63) is 52.1 Å². The fourth-order valence-corrected chi connectivity index (χ4v) is 4.92. The monoisotopic (exact) mass is 451 g/mol. The largest absolute Gasteiger partial charge is 0.493 e. The van der Waals surface area contributed by atoms with Crippen LogP contribution in [-0.2, 0) is 16.6 Å². The number of hydrogen-bond donors (Lipinski definition) is 0. The van der Waals surface area contributed by atoms with Crippen LogP contribution in [0, 0.1) is 10.1 Å². The third-order valence-corrected chi connectivity index (χ3v) is 7.06. The Labute approximate surface area is 181 Å². The van der Waals surface area contributed by atoms with Gasteiger partial charge in [0.25, 0.3) is 5.69 Å². The Hall–Kier alpha value is -2.89. The first kappa shape index (κ1) is 22.8. The standard InChI is InChI=1S/C20H25N3O7S/c1-28-18-12-15(13-19(29-2)20(18)30-3)14-21-8-10-22(11-9-21)31(26,27)17-6-4-16(5-7-17)23(24)25/h4-7,12-13H,8-11,14H2,1-3H3. The zero-order valence-corrected chi connectivity index (χ0v) is 18.4. The predicted octanol–water partition coefficient (Wildman–Crippen LogP) is 2.13. The Morgan fingerprint density at radius 3 is 1.94 bits per heavy atom. The minimum Gasteiger partial charge on any atom is -0.493 e. The summed E-state index contributed by atoms with van der Waals surface area (Å²) in [5, 5.41) is 10.8. The molecule has 0 amide bonds. The van der Waals surface area contributed by atoms with Crippen LogP contribution in [-0.4, -0.2) is 70.1 Å². The molecule has 1 aliphatic heterocycles. The van der Waals surface area contributed by atoms with E-state index in [0.717, 1.165) is 5.56 Å². The highest BCUT2D eigenvalue weighted by Crippen LogP contribution is 2.38. The van der Waals surface area contributed by atoms with Crippen molar-refractivity contribution in [3.63, 3.8) is 0 Å². The molecule has 0 saturated carbocycles. The normalized spacial score (nSPS) is 15.5. The molecule has 1 aliphatic rings. The molecule has 31 heavy (non-hydrogen) atoms. The minimum absolute atomic E-state index is 0.0520. The van der Waals surface area contributed by atoms with Crippen LogP contribution in [0.3, 0.4) is 0 Å². The average molecular weight is 452 g/mol. The van der Waals surface area contributed by atoms with Gasteiger partial charge in [0.15, 0.2) is 11.5 Å². The van der Waals surface area contributed by atoms with Crippen LogP contribution in [0.15, 0.2) is 41.3 Å². The average Bonchev–Trinajstić information content (AvgIpc) is 2.78. The first-order valence-electron chi connectivity index (χ1n) is 9.56. The highest BCUT2D eigenvalue weighted by Gasteiger charge is 2.29. The molecule has 0 radical (unpaired) electrons. The van der Waals surface area contributed by atoms with Gasteiger partial charge in [0.1, 0.15) is 0 Å². The maximum atomic E-state index is 12.9. The highest BCUT2D eigenvalue weighted by molar-refractivity contribution is 7.89. The molecule has 0 aliphatic carbocycles. The van der Waals surface area contributed by atoms with E-state index in [1.807, 2.05) is 12.1 Å². The highest BCUT2D eigenvalue weighted by atomic mass is 32.2. The first-order valence-corrected chi connectivity index (χ1v) is 11.0. The van der Waals surface area contributed by atoms with Crippen LogP contribution < -0.4 is 14.2 Å². The molecular weight excluding hydrogens is 426 g/mol. The number of non-ortho nitro benzene ring substituents is 1. The number of nitrogens with zero attached hydrogens (tertiary/aromatic N) is 3. The number of piperazine rings is 1. The number of ether oxygens (including phenoxy) is 3. The zero-order valence-electron chi connectivity index (χ0n) is 17.6. The maximum absolute atomic E-state index is 12.9. The number of rotatable bonds is 8. The van der Waals surface area contributed by atoms with Gasteiger partial charge >= 0.3 is 0 Å². The second-order valence-corrected chi connectivity index (χ2v) is 8.90. The molecule has 168 valence electrons. The molecule has 0 bridgehead atoms. The van der Waals surface area contributed by atoms with E-state index in [1.165, 1.54) is 28.6 Å². The van der Waals surface area contributed by atoms with Crippen LogP contribution in [0.1, 0.15) is 5.56 Å². The van der Waals surface area contributed by atoms with Gasteiger partial charge < -0.3 is 14.2 Å². The maximum Gasteiger partial charge on any atom is 0.269 e. The van der Waals surface area contributed by atoms with Gasteiger partial charge in [-0.05, 0) is 29.8 Å². The second kappa shape index (κ2) is 9.50. The molecule has 11 heteroatoms. The lowest BCUT2D eigenvalue weighted by Crippen LogP contribution is -2.48. The Morgan fingerprint density at radius 1 is 0.935 bits per heavy atom. The van der Waals surface area contributed by atoms with E-state index in [2.05, 4.69) is 4.90 Å². The first-order chi connectivity index (χ1) is 14.8. The van der Waals surface area contributed by atoms with Crippen LogP contribution in [0.25, 0.3) is 0 Å². The smallest absolute Gasteiger partial charge is 0.269 e. The predicted molar refractivity (Wildman–Crippen MR) is 113 cm³/mol. The summed E-state index contributed by atoms with van der Waals surface area (Å²) < 4.78 is 43.2. The summed E-state index contributed by atoms with van der Waals surface area (Å²) in [6, 6.07) is 8.70. The number of hydrogen-bond acceptors (Lipinski definition) is 8. The van der Waals surface area contributed by atoms with Crippen LogP contribution in [0.2, 0.25) is 0 Å².